The second-order valence-electron chi connectivity index (χ2n) is 4.55. The van der Waals surface area contributed by atoms with Gasteiger partial charge in [-0.3, -0.25) is 4.79 Å². The average Bonchev–Trinajstić information content (AvgIpc) is 2.60. The molecule has 1 aliphatic heterocycles. The van der Waals surface area contributed by atoms with Gasteiger partial charge in [0.15, 0.2) is 0 Å². The summed E-state index contributed by atoms with van der Waals surface area (Å²) in [6, 6.07) is 0.447. The van der Waals surface area contributed by atoms with Gasteiger partial charge >= 0.3 is 0 Å². The second kappa shape index (κ2) is 2.60. The van der Waals surface area contributed by atoms with Crippen LogP contribution in [0.15, 0.2) is 11.1 Å². The molecule has 0 bridgehead atoms. The summed E-state index contributed by atoms with van der Waals surface area (Å²) in [5, 5.41) is 3.12. The molecule has 2 atom stereocenters. The summed E-state index contributed by atoms with van der Waals surface area (Å²) in [5.41, 5.74) is 3.28. The number of rotatable bonds is 0. The van der Waals surface area contributed by atoms with Gasteiger partial charge in [-0.1, -0.05) is 5.57 Å². The molecule has 0 saturated carbocycles. The van der Waals surface area contributed by atoms with E-state index in [9.17, 15) is 4.79 Å². The van der Waals surface area contributed by atoms with Crippen LogP contribution in [0.1, 0.15) is 38.5 Å². The highest BCUT2D eigenvalue weighted by Crippen LogP contribution is 2.43. The summed E-state index contributed by atoms with van der Waals surface area (Å²) >= 11 is 0. The average molecular weight is 177 g/mol. The minimum atomic E-state index is 0.270. The monoisotopic (exact) mass is 177 g/mol. The van der Waals surface area contributed by atoms with E-state index < -0.39 is 0 Å². The third kappa shape index (κ3) is 1.04. The Morgan fingerprint density at radius 2 is 2.00 bits per heavy atom. The van der Waals surface area contributed by atoms with Gasteiger partial charge in [0.1, 0.15) is 0 Å². The molecule has 3 rings (SSSR count). The van der Waals surface area contributed by atoms with E-state index in [1.54, 1.807) is 11.1 Å². The van der Waals surface area contributed by atoms with Gasteiger partial charge in [-0.15, -0.1) is 0 Å². The summed E-state index contributed by atoms with van der Waals surface area (Å²) in [7, 11) is 0. The van der Waals surface area contributed by atoms with Gasteiger partial charge in [0.25, 0.3) is 0 Å². The van der Waals surface area contributed by atoms with Gasteiger partial charge < -0.3 is 5.32 Å². The van der Waals surface area contributed by atoms with E-state index in [-0.39, 0.29) is 5.91 Å². The summed E-state index contributed by atoms with van der Waals surface area (Å²) in [5.74, 6) is 0.891. The lowest BCUT2D eigenvalue weighted by molar-refractivity contribution is -0.119. The maximum atomic E-state index is 11.2. The third-order valence-corrected chi connectivity index (χ3v) is 3.75. The highest BCUT2D eigenvalue weighted by Gasteiger charge is 2.41. The maximum Gasteiger partial charge on any atom is 0.220 e. The first-order valence-corrected chi connectivity index (χ1v) is 5.35. The highest BCUT2D eigenvalue weighted by atomic mass is 16.2. The largest absolute Gasteiger partial charge is 0.349 e. The van der Waals surface area contributed by atoms with E-state index in [4.69, 9.17) is 0 Å². The van der Waals surface area contributed by atoms with Crippen molar-refractivity contribution in [3.63, 3.8) is 0 Å². The van der Waals surface area contributed by atoms with Gasteiger partial charge in [-0.05, 0) is 43.6 Å². The molecule has 2 aliphatic carbocycles. The fourth-order valence-corrected chi connectivity index (χ4v) is 3.18. The number of carbonyl (C=O) groups excluding carboxylic acids is 1. The van der Waals surface area contributed by atoms with E-state index >= 15 is 0 Å². The number of allylic oxidation sites excluding steroid dienone is 1. The molecule has 1 N–H and O–H groups in total. The number of nitrogens with one attached hydrogen (secondary N) is 1. The first-order valence-electron chi connectivity index (χ1n) is 5.35. The zero-order chi connectivity index (χ0) is 8.84. The minimum absolute atomic E-state index is 0.270. The SMILES string of the molecule is O=C1C[C@H]2CC3=C(CCCC3)[C@H]2N1. The second-order valence-corrected chi connectivity index (χ2v) is 4.55. The summed E-state index contributed by atoms with van der Waals surface area (Å²) in [4.78, 5) is 11.2. The number of hydrogen-bond donors (Lipinski definition) is 1. The van der Waals surface area contributed by atoms with Crippen LogP contribution in [0, 0.1) is 5.92 Å². The zero-order valence-electron chi connectivity index (χ0n) is 7.81. The van der Waals surface area contributed by atoms with E-state index in [2.05, 4.69) is 5.32 Å². The molecule has 1 saturated heterocycles. The fraction of sp³-hybridized carbons (Fsp3) is 0.727. The van der Waals surface area contributed by atoms with Crippen LogP contribution in [0.5, 0.6) is 0 Å². The smallest absolute Gasteiger partial charge is 0.220 e. The highest BCUT2D eigenvalue weighted by molar-refractivity contribution is 5.80. The standard InChI is InChI=1S/C11H15NO/c13-10-6-8-5-7-3-1-2-4-9(7)11(8)12-10/h8,11H,1-6H2,(H,12,13)/t8-,11+/m1/s1. The normalized spacial score (nSPS) is 37.4. The molecule has 1 heterocycles. The number of amides is 1. The first kappa shape index (κ1) is 7.60. The molecule has 0 radical (unpaired) electrons. The van der Waals surface area contributed by atoms with Crippen molar-refractivity contribution in [3.05, 3.63) is 11.1 Å². The Hall–Kier alpha value is -0.790. The van der Waals surface area contributed by atoms with Crippen LogP contribution in [-0.2, 0) is 4.79 Å². The van der Waals surface area contributed by atoms with Crippen molar-refractivity contribution < 1.29 is 4.79 Å². The van der Waals surface area contributed by atoms with Crippen molar-refractivity contribution in [2.45, 2.75) is 44.6 Å². The molecule has 1 amide bonds. The molecule has 3 aliphatic rings. The first-order chi connectivity index (χ1) is 6.34. The van der Waals surface area contributed by atoms with Gasteiger partial charge in [-0.2, -0.15) is 0 Å². The molecule has 1 fully saturated rings. The van der Waals surface area contributed by atoms with Gasteiger partial charge in [0.2, 0.25) is 5.91 Å². The molecular formula is C11H15NO. The van der Waals surface area contributed by atoms with Gasteiger partial charge in [0, 0.05) is 6.42 Å². The number of fused-ring (bicyclic) bond motifs is 2. The Morgan fingerprint density at radius 3 is 2.92 bits per heavy atom. The molecule has 70 valence electrons. The predicted octanol–water partition coefficient (Wildman–Crippen LogP) is 1.77. The third-order valence-electron chi connectivity index (χ3n) is 3.75. The Labute approximate surface area is 78.4 Å². The van der Waals surface area contributed by atoms with Gasteiger partial charge in [0.05, 0.1) is 6.04 Å². The fourth-order valence-electron chi connectivity index (χ4n) is 3.18. The molecule has 0 spiro atoms. The van der Waals surface area contributed by atoms with Crippen LogP contribution < -0.4 is 5.32 Å². The van der Waals surface area contributed by atoms with E-state index in [0.29, 0.717) is 12.0 Å². The van der Waals surface area contributed by atoms with Crippen molar-refractivity contribution in [1.29, 1.82) is 0 Å². The maximum absolute atomic E-state index is 11.2. The Kier molecular flexibility index (Phi) is 1.52. The van der Waals surface area contributed by atoms with Crippen LogP contribution >= 0.6 is 0 Å². The van der Waals surface area contributed by atoms with E-state index in [0.717, 1.165) is 6.42 Å². The molecule has 0 unspecified atom stereocenters. The lowest BCUT2D eigenvalue weighted by Crippen LogP contribution is -2.28. The Bertz CT molecular complexity index is 292. The molecule has 0 aromatic rings. The van der Waals surface area contributed by atoms with E-state index in [1.807, 2.05) is 0 Å². The number of hydrogen-bond acceptors (Lipinski definition) is 1. The van der Waals surface area contributed by atoms with Crippen molar-refractivity contribution in [1.82, 2.24) is 5.32 Å². The van der Waals surface area contributed by atoms with Crippen LogP contribution in [0.25, 0.3) is 0 Å². The van der Waals surface area contributed by atoms with Crippen molar-refractivity contribution >= 4 is 5.91 Å². The molecule has 0 aromatic carbocycles. The van der Waals surface area contributed by atoms with Crippen molar-refractivity contribution in [3.8, 4) is 0 Å². The summed E-state index contributed by atoms with van der Waals surface area (Å²) in [6.45, 7) is 0. The van der Waals surface area contributed by atoms with E-state index in [1.165, 1.54) is 32.1 Å². The lowest BCUT2D eigenvalue weighted by atomic mass is 9.92. The molecule has 2 heteroatoms. The summed E-state index contributed by atoms with van der Waals surface area (Å²) < 4.78 is 0. The zero-order valence-corrected chi connectivity index (χ0v) is 7.81. The molecule has 2 nitrogen and oxygen atoms in total. The van der Waals surface area contributed by atoms with Crippen LogP contribution in [0.3, 0.4) is 0 Å². The predicted molar refractivity (Wildman–Crippen MR) is 50.1 cm³/mol. The van der Waals surface area contributed by atoms with Crippen molar-refractivity contribution in [2.75, 3.05) is 0 Å². The topological polar surface area (TPSA) is 29.1 Å². The quantitative estimate of drug-likeness (QED) is 0.561. The molecular weight excluding hydrogens is 162 g/mol. The van der Waals surface area contributed by atoms with Crippen LogP contribution in [-0.4, -0.2) is 11.9 Å². The van der Waals surface area contributed by atoms with Gasteiger partial charge in [-0.25, -0.2) is 0 Å². The minimum Gasteiger partial charge on any atom is -0.349 e. The molecule has 0 aromatic heterocycles. The Morgan fingerprint density at radius 1 is 1.15 bits per heavy atom. The lowest BCUT2D eigenvalue weighted by Gasteiger charge is -2.18. The van der Waals surface area contributed by atoms with Crippen LogP contribution in [0.4, 0.5) is 0 Å². The molecule has 13 heavy (non-hydrogen) atoms. The van der Waals surface area contributed by atoms with Crippen molar-refractivity contribution in [2.24, 2.45) is 5.92 Å². The van der Waals surface area contributed by atoms with Crippen LogP contribution in [0.2, 0.25) is 0 Å². The Balaban J connectivity index is 1.90. The summed E-state index contributed by atoms with van der Waals surface area (Å²) in [6.07, 6.45) is 7.23. The number of carbonyl (C=O) groups is 1.